The number of nitrogens with zero attached hydrogens (tertiary/aromatic N) is 1. The molecule has 0 aromatic heterocycles. The summed E-state index contributed by atoms with van der Waals surface area (Å²) in [4.78, 5) is 12.2. The molecule has 1 saturated heterocycles. The van der Waals surface area contributed by atoms with Gasteiger partial charge in [0.05, 0.1) is 11.4 Å². The highest BCUT2D eigenvalue weighted by Crippen LogP contribution is 2.21. The quantitative estimate of drug-likeness (QED) is 0.772. The average Bonchev–Trinajstić information content (AvgIpc) is 2.99. The predicted octanol–water partition coefficient (Wildman–Crippen LogP) is 3.44. The van der Waals surface area contributed by atoms with Crippen molar-refractivity contribution in [3.05, 3.63) is 54.3 Å². The molecule has 1 heterocycles. The highest BCUT2D eigenvalue weighted by Gasteiger charge is 2.24. The molecule has 0 atom stereocenters. The molecule has 2 aromatic rings. The minimum absolute atomic E-state index is 0.00952. The van der Waals surface area contributed by atoms with E-state index < -0.39 is 10.0 Å². The van der Waals surface area contributed by atoms with Gasteiger partial charge in [0.2, 0.25) is 15.9 Å². The number of carbonyl (C=O) groups is 1. The Morgan fingerprint density at radius 3 is 2.07 bits per heavy atom. The van der Waals surface area contributed by atoms with Crippen molar-refractivity contribution < 1.29 is 17.6 Å². The number of halogens is 1. The summed E-state index contributed by atoms with van der Waals surface area (Å²) in [6.45, 7) is 1.13. The lowest BCUT2D eigenvalue weighted by Gasteiger charge is -2.20. The van der Waals surface area contributed by atoms with E-state index in [1.54, 1.807) is 28.6 Å². The second-order valence-corrected chi connectivity index (χ2v) is 8.69. The van der Waals surface area contributed by atoms with Gasteiger partial charge >= 0.3 is 0 Å². The van der Waals surface area contributed by atoms with Gasteiger partial charge in [-0.05, 0) is 61.4 Å². The number of amides is 1. The van der Waals surface area contributed by atoms with Gasteiger partial charge in [-0.3, -0.25) is 4.79 Å². The Kier molecular flexibility index (Phi) is 6.64. The van der Waals surface area contributed by atoms with Crippen molar-refractivity contribution in [1.29, 1.82) is 0 Å². The summed E-state index contributed by atoms with van der Waals surface area (Å²) < 4.78 is 40.0. The van der Waals surface area contributed by atoms with Crippen LogP contribution in [-0.2, 0) is 14.8 Å². The van der Waals surface area contributed by atoms with Crippen LogP contribution >= 0.6 is 0 Å². The van der Waals surface area contributed by atoms with Crippen molar-refractivity contribution in [3.8, 4) is 0 Å². The lowest BCUT2D eigenvalue weighted by molar-refractivity contribution is -0.114. The molecule has 3 rings (SSSR count). The third-order valence-corrected chi connectivity index (χ3v) is 6.55. The zero-order valence-corrected chi connectivity index (χ0v) is 16.3. The number of nitrogens with one attached hydrogen (secondary N) is 2. The molecule has 0 bridgehead atoms. The van der Waals surface area contributed by atoms with Gasteiger partial charge in [-0.25, -0.2) is 12.8 Å². The van der Waals surface area contributed by atoms with E-state index in [1.807, 2.05) is 0 Å². The van der Waals surface area contributed by atoms with Gasteiger partial charge in [0.15, 0.2) is 0 Å². The van der Waals surface area contributed by atoms with Gasteiger partial charge in [-0.1, -0.05) is 12.8 Å². The van der Waals surface area contributed by atoms with Crippen LogP contribution in [0, 0.1) is 5.82 Å². The fraction of sp³-hybridized carbons (Fsp3) is 0.350. The highest BCUT2D eigenvalue weighted by atomic mass is 32.2. The van der Waals surface area contributed by atoms with Crippen LogP contribution in [0.4, 0.5) is 15.8 Å². The molecule has 150 valence electrons. The Morgan fingerprint density at radius 2 is 1.46 bits per heavy atom. The zero-order chi connectivity index (χ0) is 20.0. The SMILES string of the molecule is O=C(CNc1ccc(S(=O)(=O)N2CCCCCC2)cc1)Nc1ccc(F)cc1. The first kappa shape index (κ1) is 20.3. The molecule has 0 radical (unpaired) electrons. The molecule has 8 heteroatoms. The van der Waals surface area contributed by atoms with Crippen LogP contribution in [0.25, 0.3) is 0 Å². The third-order valence-electron chi connectivity index (χ3n) is 4.64. The van der Waals surface area contributed by atoms with E-state index in [0.29, 0.717) is 24.5 Å². The lowest BCUT2D eigenvalue weighted by Crippen LogP contribution is -2.31. The Labute approximate surface area is 164 Å². The fourth-order valence-electron chi connectivity index (χ4n) is 3.10. The van der Waals surface area contributed by atoms with Gasteiger partial charge < -0.3 is 10.6 Å². The maximum Gasteiger partial charge on any atom is 0.243 e. The number of sulfonamides is 1. The average molecular weight is 405 g/mol. The van der Waals surface area contributed by atoms with Crippen LogP contribution < -0.4 is 10.6 Å². The summed E-state index contributed by atoms with van der Waals surface area (Å²) >= 11 is 0. The summed E-state index contributed by atoms with van der Waals surface area (Å²) in [5.74, 6) is -0.654. The molecule has 0 saturated carbocycles. The van der Waals surface area contributed by atoms with Crippen LogP contribution in [0.15, 0.2) is 53.4 Å². The normalized spacial score (nSPS) is 15.6. The van der Waals surface area contributed by atoms with Crippen molar-refractivity contribution >= 4 is 27.3 Å². The Bertz CT molecular complexity index is 891. The van der Waals surface area contributed by atoms with E-state index in [4.69, 9.17) is 0 Å². The Morgan fingerprint density at radius 1 is 0.893 bits per heavy atom. The van der Waals surface area contributed by atoms with E-state index in [0.717, 1.165) is 25.7 Å². The molecule has 0 spiro atoms. The predicted molar refractivity (Wildman–Crippen MR) is 107 cm³/mol. The molecule has 2 aromatic carbocycles. The van der Waals surface area contributed by atoms with Gasteiger partial charge in [-0.15, -0.1) is 0 Å². The molecule has 1 aliphatic heterocycles. The molecule has 0 unspecified atom stereocenters. The number of anilines is 2. The zero-order valence-electron chi connectivity index (χ0n) is 15.5. The van der Waals surface area contributed by atoms with Crippen LogP contribution in [0.3, 0.4) is 0 Å². The molecule has 6 nitrogen and oxygen atoms in total. The van der Waals surface area contributed by atoms with Crippen LogP contribution in [0.1, 0.15) is 25.7 Å². The van der Waals surface area contributed by atoms with Crippen molar-refractivity contribution in [2.24, 2.45) is 0 Å². The molecule has 2 N–H and O–H groups in total. The lowest BCUT2D eigenvalue weighted by atomic mass is 10.2. The Balaban J connectivity index is 1.56. The van der Waals surface area contributed by atoms with E-state index in [9.17, 15) is 17.6 Å². The van der Waals surface area contributed by atoms with Crippen LogP contribution in [0.5, 0.6) is 0 Å². The van der Waals surface area contributed by atoms with Crippen LogP contribution in [-0.4, -0.2) is 38.3 Å². The summed E-state index contributed by atoms with van der Waals surface area (Å²) in [7, 11) is -3.48. The van der Waals surface area contributed by atoms with E-state index in [2.05, 4.69) is 10.6 Å². The van der Waals surface area contributed by atoms with Gasteiger partial charge in [-0.2, -0.15) is 4.31 Å². The molecule has 1 aliphatic rings. The minimum atomic E-state index is -3.48. The summed E-state index contributed by atoms with van der Waals surface area (Å²) in [5.41, 5.74) is 1.15. The maximum atomic E-state index is 12.9. The Hall–Kier alpha value is -2.45. The van der Waals surface area contributed by atoms with E-state index in [-0.39, 0.29) is 23.2 Å². The second-order valence-electron chi connectivity index (χ2n) is 6.75. The molecular weight excluding hydrogens is 381 g/mol. The fourth-order valence-corrected chi connectivity index (χ4v) is 4.61. The summed E-state index contributed by atoms with van der Waals surface area (Å²) in [6, 6.07) is 11.9. The first-order chi connectivity index (χ1) is 13.4. The molecule has 1 fully saturated rings. The summed E-state index contributed by atoms with van der Waals surface area (Å²) in [6.07, 6.45) is 3.91. The number of rotatable bonds is 6. The standard InChI is InChI=1S/C20H24FN3O3S/c21-16-5-7-18(8-6-16)23-20(25)15-22-17-9-11-19(12-10-17)28(26,27)24-13-3-1-2-4-14-24/h5-12,22H,1-4,13-15H2,(H,23,25). The second kappa shape index (κ2) is 9.16. The smallest absolute Gasteiger partial charge is 0.243 e. The van der Waals surface area contributed by atoms with Gasteiger partial charge in [0, 0.05) is 24.5 Å². The van der Waals surface area contributed by atoms with Crippen molar-refractivity contribution in [1.82, 2.24) is 4.31 Å². The number of hydrogen-bond donors (Lipinski definition) is 2. The van der Waals surface area contributed by atoms with Crippen molar-refractivity contribution in [2.75, 3.05) is 30.3 Å². The monoisotopic (exact) mass is 405 g/mol. The first-order valence-electron chi connectivity index (χ1n) is 9.35. The molecule has 1 amide bonds. The van der Waals surface area contributed by atoms with Crippen LogP contribution in [0.2, 0.25) is 0 Å². The maximum absolute atomic E-state index is 12.9. The van der Waals surface area contributed by atoms with Crippen molar-refractivity contribution in [3.63, 3.8) is 0 Å². The number of benzene rings is 2. The highest BCUT2D eigenvalue weighted by molar-refractivity contribution is 7.89. The van der Waals surface area contributed by atoms with Gasteiger partial charge in [0.1, 0.15) is 5.82 Å². The largest absolute Gasteiger partial charge is 0.376 e. The molecule has 0 aliphatic carbocycles. The minimum Gasteiger partial charge on any atom is -0.376 e. The first-order valence-corrected chi connectivity index (χ1v) is 10.8. The molecular formula is C20H24FN3O3S. The number of carbonyl (C=O) groups excluding carboxylic acids is 1. The molecule has 28 heavy (non-hydrogen) atoms. The topological polar surface area (TPSA) is 78.5 Å². The van der Waals surface area contributed by atoms with Crippen molar-refractivity contribution in [2.45, 2.75) is 30.6 Å². The summed E-state index contributed by atoms with van der Waals surface area (Å²) in [5, 5.41) is 5.60. The van der Waals surface area contributed by atoms with Gasteiger partial charge in [0.25, 0.3) is 0 Å². The van der Waals surface area contributed by atoms with E-state index in [1.165, 1.54) is 24.3 Å². The van der Waals surface area contributed by atoms with E-state index >= 15 is 0 Å². The number of hydrogen-bond acceptors (Lipinski definition) is 4. The third kappa shape index (κ3) is 5.30.